The molecule has 0 saturated heterocycles. The van der Waals surface area contributed by atoms with Gasteiger partial charge in [0.05, 0.1) is 24.3 Å². The SMILES string of the molecule is Cc1nn(C2CCCCC2)c2nc(-c3cncn3C)[nH]c12. The van der Waals surface area contributed by atoms with Gasteiger partial charge < -0.3 is 9.55 Å². The Kier molecular flexibility index (Phi) is 2.83. The van der Waals surface area contributed by atoms with Gasteiger partial charge in [0.1, 0.15) is 11.2 Å². The second-order valence-corrected chi connectivity index (χ2v) is 6.00. The van der Waals surface area contributed by atoms with Gasteiger partial charge in [0.2, 0.25) is 0 Å². The largest absolute Gasteiger partial charge is 0.334 e. The molecule has 6 heteroatoms. The van der Waals surface area contributed by atoms with Crippen molar-refractivity contribution in [3.8, 4) is 11.5 Å². The zero-order valence-corrected chi connectivity index (χ0v) is 12.5. The lowest BCUT2D eigenvalue weighted by atomic mass is 9.96. The molecule has 0 radical (unpaired) electrons. The summed E-state index contributed by atoms with van der Waals surface area (Å²) in [4.78, 5) is 12.4. The minimum absolute atomic E-state index is 0.498. The van der Waals surface area contributed by atoms with Crippen LogP contribution in [0.4, 0.5) is 0 Å². The molecule has 1 saturated carbocycles. The summed E-state index contributed by atoms with van der Waals surface area (Å²) in [6.45, 7) is 2.05. The lowest BCUT2D eigenvalue weighted by Crippen LogP contribution is -2.14. The fraction of sp³-hybridized carbons (Fsp3) is 0.533. The highest BCUT2D eigenvalue weighted by Crippen LogP contribution is 2.31. The van der Waals surface area contributed by atoms with Gasteiger partial charge in [-0.05, 0) is 19.8 Å². The average molecular weight is 284 g/mol. The van der Waals surface area contributed by atoms with Crippen LogP contribution in [0.1, 0.15) is 43.8 Å². The van der Waals surface area contributed by atoms with E-state index in [9.17, 15) is 0 Å². The monoisotopic (exact) mass is 284 g/mol. The van der Waals surface area contributed by atoms with E-state index >= 15 is 0 Å². The number of H-pyrrole nitrogens is 1. The molecule has 6 nitrogen and oxygen atoms in total. The number of imidazole rings is 2. The Hall–Kier alpha value is -2.11. The van der Waals surface area contributed by atoms with Crippen molar-refractivity contribution in [1.82, 2.24) is 29.3 Å². The molecular weight excluding hydrogens is 264 g/mol. The maximum absolute atomic E-state index is 4.80. The molecule has 1 N–H and O–H groups in total. The molecule has 3 aromatic rings. The quantitative estimate of drug-likeness (QED) is 0.787. The number of aromatic amines is 1. The standard InChI is InChI=1S/C15H20N6/c1-10-13-15(21(19-10)11-6-4-3-5-7-11)18-14(17-13)12-8-16-9-20(12)2/h8-9,11H,3-7H2,1-2H3,(H,17,18). The number of nitrogens with one attached hydrogen (secondary N) is 1. The Balaban J connectivity index is 1.82. The van der Waals surface area contributed by atoms with Crippen molar-refractivity contribution in [2.75, 3.05) is 0 Å². The van der Waals surface area contributed by atoms with Gasteiger partial charge in [-0.3, -0.25) is 0 Å². The second kappa shape index (κ2) is 4.72. The highest BCUT2D eigenvalue weighted by Gasteiger charge is 2.22. The molecule has 0 bridgehead atoms. The maximum Gasteiger partial charge on any atom is 0.177 e. The fourth-order valence-electron chi connectivity index (χ4n) is 3.33. The van der Waals surface area contributed by atoms with Crippen molar-refractivity contribution in [3.05, 3.63) is 18.2 Å². The first kappa shape index (κ1) is 12.6. The summed E-state index contributed by atoms with van der Waals surface area (Å²) in [5.41, 5.74) is 4.06. The first-order valence-corrected chi connectivity index (χ1v) is 7.65. The molecule has 4 rings (SSSR count). The summed E-state index contributed by atoms with van der Waals surface area (Å²) >= 11 is 0. The first-order valence-electron chi connectivity index (χ1n) is 7.65. The summed E-state index contributed by atoms with van der Waals surface area (Å²) in [6, 6.07) is 0.498. The van der Waals surface area contributed by atoms with Crippen LogP contribution in [0, 0.1) is 6.92 Å². The lowest BCUT2D eigenvalue weighted by molar-refractivity contribution is 0.335. The predicted molar refractivity (Wildman–Crippen MR) is 80.9 cm³/mol. The topological polar surface area (TPSA) is 64.3 Å². The normalized spacial score (nSPS) is 16.9. The third-order valence-corrected chi connectivity index (χ3v) is 4.50. The summed E-state index contributed by atoms with van der Waals surface area (Å²) in [6.07, 6.45) is 10.00. The smallest absolute Gasteiger partial charge is 0.177 e. The molecule has 0 amide bonds. The van der Waals surface area contributed by atoms with E-state index in [4.69, 9.17) is 10.1 Å². The predicted octanol–water partition coefficient (Wildman–Crippen LogP) is 2.97. The Bertz CT molecular complexity index is 771. The molecule has 1 aliphatic rings. The van der Waals surface area contributed by atoms with Crippen LogP contribution in [0.15, 0.2) is 12.5 Å². The molecule has 1 fully saturated rings. The Labute approximate surface area is 123 Å². The Morgan fingerprint density at radius 3 is 2.76 bits per heavy atom. The average Bonchev–Trinajstić information content (AvgIpc) is 3.17. The molecule has 3 heterocycles. The molecular formula is C15H20N6. The molecule has 0 unspecified atom stereocenters. The molecule has 110 valence electrons. The third-order valence-electron chi connectivity index (χ3n) is 4.50. The van der Waals surface area contributed by atoms with Crippen LogP contribution in [-0.4, -0.2) is 29.3 Å². The van der Waals surface area contributed by atoms with Crippen LogP contribution in [0.2, 0.25) is 0 Å². The van der Waals surface area contributed by atoms with Crippen molar-refractivity contribution in [2.45, 2.75) is 45.1 Å². The second-order valence-electron chi connectivity index (χ2n) is 6.00. The van der Waals surface area contributed by atoms with E-state index in [1.165, 1.54) is 32.1 Å². The van der Waals surface area contributed by atoms with Gasteiger partial charge in [-0.25, -0.2) is 14.6 Å². The summed E-state index contributed by atoms with van der Waals surface area (Å²) < 4.78 is 4.12. The Morgan fingerprint density at radius 2 is 2.05 bits per heavy atom. The molecule has 0 spiro atoms. The van der Waals surface area contributed by atoms with Crippen LogP contribution >= 0.6 is 0 Å². The molecule has 21 heavy (non-hydrogen) atoms. The van der Waals surface area contributed by atoms with Gasteiger partial charge in [0, 0.05) is 7.05 Å². The zero-order valence-electron chi connectivity index (χ0n) is 12.5. The summed E-state index contributed by atoms with van der Waals surface area (Å²) in [5, 5.41) is 4.72. The van der Waals surface area contributed by atoms with Gasteiger partial charge in [-0.2, -0.15) is 5.10 Å². The molecule has 1 aliphatic carbocycles. The summed E-state index contributed by atoms with van der Waals surface area (Å²) in [5.74, 6) is 0.870. The van der Waals surface area contributed by atoms with E-state index in [-0.39, 0.29) is 0 Å². The van der Waals surface area contributed by atoms with E-state index in [0.717, 1.165) is 28.4 Å². The van der Waals surface area contributed by atoms with Crippen LogP contribution in [0.25, 0.3) is 22.7 Å². The van der Waals surface area contributed by atoms with E-state index < -0.39 is 0 Å². The van der Waals surface area contributed by atoms with E-state index in [1.807, 2.05) is 24.7 Å². The van der Waals surface area contributed by atoms with Gasteiger partial charge in [-0.1, -0.05) is 19.3 Å². The molecule has 0 aliphatic heterocycles. The fourth-order valence-corrected chi connectivity index (χ4v) is 3.33. The van der Waals surface area contributed by atoms with Crippen molar-refractivity contribution < 1.29 is 0 Å². The number of hydrogen-bond donors (Lipinski definition) is 1. The van der Waals surface area contributed by atoms with E-state index in [1.54, 1.807) is 6.33 Å². The summed E-state index contributed by atoms with van der Waals surface area (Å²) in [7, 11) is 1.98. The number of aromatic nitrogens is 6. The highest BCUT2D eigenvalue weighted by molar-refractivity contribution is 5.78. The van der Waals surface area contributed by atoms with Crippen LogP contribution < -0.4 is 0 Å². The van der Waals surface area contributed by atoms with Gasteiger partial charge in [-0.15, -0.1) is 0 Å². The zero-order chi connectivity index (χ0) is 14.4. The number of rotatable bonds is 2. The third kappa shape index (κ3) is 1.97. The maximum atomic E-state index is 4.80. The molecule has 3 aromatic heterocycles. The van der Waals surface area contributed by atoms with E-state index in [2.05, 4.69) is 14.6 Å². The number of aryl methyl sites for hydroxylation is 2. The van der Waals surface area contributed by atoms with Gasteiger partial charge >= 0.3 is 0 Å². The van der Waals surface area contributed by atoms with Crippen molar-refractivity contribution in [1.29, 1.82) is 0 Å². The van der Waals surface area contributed by atoms with Crippen LogP contribution in [0.5, 0.6) is 0 Å². The number of fused-ring (bicyclic) bond motifs is 1. The molecule has 0 aromatic carbocycles. The van der Waals surface area contributed by atoms with Crippen molar-refractivity contribution in [3.63, 3.8) is 0 Å². The molecule has 0 atom stereocenters. The van der Waals surface area contributed by atoms with Gasteiger partial charge in [0.25, 0.3) is 0 Å². The Morgan fingerprint density at radius 1 is 1.24 bits per heavy atom. The van der Waals surface area contributed by atoms with Crippen molar-refractivity contribution >= 4 is 11.2 Å². The van der Waals surface area contributed by atoms with Crippen molar-refractivity contribution in [2.24, 2.45) is 7.05 Å². The van der Waals surface area contributed by atoms with Crippen LogP contribution in [0.3, 0.4) is 0 Å². The number of hydrogen-bond acceptors (Lipinski definition) is 3. The minimum Gasteiger partial charge on any atom is -0.334 e. The van der Waals surface area contributed by atoms with Crippen LogP contribution in [-0.2, 0) is 7.05 Å². The minimum atomic E-state index is 0.498. The lowest BCUT2D eigenvalue weighted by Gasteiger charge is -2.21. The van der Waals surface area contributed by atoms with E-state index in [0.29, 0.717) is 6.04 Å². The van der Waals surface area contributed by atoms with Gasteiger partial charge in [0.15, 0.2) is 11.5 Å². The highest BCUT2D eigenvalue weighted by atomic mass is 15.3. The number of nitrogens with zero attached hydrogens (tertiary/aromatic N) is 5. The first-order chi connectivity index (χ1) is 10.2.